The van der Waals surface area contributed by atoms with E-state index in [-0.39, 0.29) is 5.82 Å². The molecule has 0 saturated carbocycles. The Kier molecular flexibility index (Phi) is 4.72. The lowest BCUT2D eigenvalue weighted by atomic mass is 10.1. The minimum absolute atomic E-state index is 0.135. The van der Waals surface area contributed by atoms with Crippen LogP contribution in [0.5, 0.6) is 0 Å². The molecule has 0 spiro atoms. The zero-order valence-electron chi connectivity index (χ0n) is 11.4. The van der Waals surface area contributed by atoms with Crippen molar-refractivity contribution in [3.8, 4) is 0 Å². The summed E-state index contributed by atoms with van der Waals surface area (Å²) >= 11 is 0. The predicted molar refractivity (Wildman–Crippen MR) is 73.4 cm³/mol. The maximum atomic E-state index is 13.0. The Balaban J connectivity index is 1.90. The van der Waals surface area contributed by atoms with Gasteiger partial charge in [-0.25, -0.2) is 4.39 Å². The largest absolute Gasteiger partial charge is 0.313 e. The molecule has 1 aliphatic heterocycles. The Hall–Kier alpha value is -0.930. The molecule has 18 heavy (non-hydrogen) atoms. The van der Waals surface area contributed by atoms with Gasteiger partial charge in [-0.2, -0.15) is 0 Å². The summed E-state index contributed by atoms with van der Waals surface area (Å²) in [6.07, 6.45) is 2.23. The number of nitrogens with one attached hydrogen (secondary N) is 1. The molecular formula is C15H23FN2. The minimum atomic E-state index is -0.135. The first-order valence-corrected chi connectivity index (χ1v) is 6.86. The highest BCUT2D eigenvalue weighted by Gasteiger charge is 2.13. The summed E-state index contributed by atoms with van der Waals surface area (Å²) in [5, 5.41) is 3.50. The smallest absolute Gasteiger partial charge is 0.123 e. The van der Waals surface area contributed by atoms with Crippen molar-refractivity contribution in [2.24, 2.45) is 0 Å². The van der Waals surface area contributed by atoms with E-state index in [9.17, 15) is 4.39 Å². The van der Waals surface area contributed by atoms with Gasteiger partial charge < -0.3 is 10.2 Å². The first-order chi connectivity index (χ1) is 8.65. The molecule has 2 nitrogen and oxygen atoms in total. The number of aryl methyl sites for hydroxylation is 1. The van der Waals surface area contributed by atoms with Crippen molar-refractivity contribution in [1.29, 1.82) is 0 Å². The molecule has 1 heterocycles. The molecule has 1 unspecified atom stereocenters. The van der Waals surface area contributed by atoms with Gasteiger partial charge in [-0.05, 0) is 63.0 Å². The second-order valence-corrected chi connectivity index (χ2v) is 5.33. The molecule has 0 radical (unpaired) electrons. The van der Waals surface area contributed by atoms with Crippen LogP contribution in [0.1, 0.15) is 24.5 Å². The summed E-state index contributed by atoms with van der Waals surface area (Å²) in [6.45, 7) is 8.69. The average molecular weight is 250 g/mol. The van der Waals surface area contributed by atoms with Gasteiger partial charge in [0.15, 0.2) is 0 Å². The molecule has 1 fully saturated rings. The Morgan fingerprint density at radius 1 is 1.44 bits per heavy atom. The monoisotopic (exact) mass is 250 g/mol. The van der Waals surface area contributed by atoms with Gasteiger partial charge in [0.25, 0.3) is 0 Å². The van der Waals surface area contributed by atoms with Crippen molar-refractivity contribution in [3.63, 3.8) is 0 Å². The van der Waals surface area contributed by atoms with Crippen LogP contribution in [0.4, 0.5) is 4.39 Å². The zero-order chi connectivity index (χ0) is 13.0. The third kappa shape index (κ3) is 3.79. The normalized spacial score (nSPS) is 21.8. The Morgan fingerprint density at radius 3 is 3.06 bits per heavy atom. The van der Waals surface area contributed by atoms with E-state index in [0.29, 0.717) is 6.04 Å². The van der Waals surface area contributed by atoms with Gasteiger partial charge in [-0.1, -0.05) is 6.07 Å². The van der Waals surface area contributed by atoms with Crippen LogP contribution in [0.15, 0.2) is 18.2 Å². The Morgan fingerprint density at radius 2 is 2.28 bits per heavy atom. The van der Waals surface area contributed by atoms with Crippen molar-refractivity contribution in [1.82, 2.24) is 10.2 Å². The zero-order valence-corrected chi connectivity index (χ0v) is 11.4. The number of benzene rings is 1. The van der Waals surface area contributed by atoms with E-state index in [1.807, 2.05) is 13.0 Å². The fourth-order valence-corrected chi connectivity index (χ4v) is 2.62. The van der Waals surface area contributed by atoms with Crippen molar-refractivity contribution >= 4 is 0 Å². The Bertz CT molecular complexity index is 392. The maximum absolute atomic E-state index is 13.0. The average Bonchev–Trinajstić information content (AvgIpc) is 2.52. The molecule has 0 aliphatic carbocycles. The van der Waals surface area contributed by atoms with E-state index in [4.69, 9.17) is 0 Å². The van der Waals surface area contributed by atoms with Crippen molar-refractivity contribution in [3.05, 3.63) is 35.1 Å². The molecule has 0 bridgehead atoms. The third-order valence-corrected chi connectivity index (χ3v) is 3.68. The van der Waals surface area contributed by atoms with Crippen molar-refractivity contribution in [2.75, 3.05) is 26.2 Å². The lowest BCUT2D eigenvalue weighted by molar-refractivity contribution is 0.276. The highest BCUT2D eigenvalue weighted by atomic mass is 19.1. The van der Waals surface area contributed by atoms with Crippen LogP contribution in [-0.4, -0.2) is 37.1 Å². The van der Waals surface area contributed by atoms with E-state index in [1.54, 1.807) is 12.1 Å². The van der Waals surface area contributed by atoms with Gasteiger partial charge in [-0.3, -0.25) is 0 Å². The lowest BCUT2D eigenvalue weighted by Gasteiger charge is -2.22. The van der Waals surface area contributed by atoms with Crippen molar-refractivity contribution < 1.29 is 4.39 Å². The minimum Gasteiger partial charge on any atom is -0.313 e. The van der Waals surface area contributed by atoms with Crippen LogP contribution >= 0.6 is 0 Å². The summed E-state index contributed by atoms with van der Waals surface area (Å²) in [6, 6.07) is 5.68. The van der Waals surface area contributed by atoms with E-state index >= 15 is 0 Å². The number of nitrogens with zero attached hydrogens (tertiary/aromatic N) is 1. The van der Waals surface area contributed by atoms with Crippen LogP contribution in [0.2, 0.25) is 0 Å². The highest BCUT2D eigenvalue weighted by Crippen LogP contribution is 2.12. The van der Waals surface area contributed by atoms with Gasteiger partial charge in [-0.15, -0.1) is 0 Å². The van der Waals surface area contributed by atoms with Gasteiger partial charge >= 0.3 is 0 Å². The molecule has 0 amide bonds. The topological polar surface area (TPSA) is 15.3 Å². The summed E-state index contributed by atoms with van der Waals surface area (Å²) < 4.78 is 13.0. The predicted octanol–water partition coefficient (Wildman–Crippen LogP) is 2.36. The molecule has 1 N–H and O–H groups in total. The van der Waals surface area contributed by atoms with Gasteiger partial charge in [0.2, 0.25) is 0 Å². The molecule has 1 saturated heterocycles. The first kappa shape index (κ1) is 13.5. The Labute approximate surface area is 109 Å². The molecule has 1 aromatic rings. The van der Waals surface area contributed by atoms with Crippen LogP contribution < -0.4 is 5.32 Å². The van der Waals surface area contributed by atoms with Gasteiger partial charge in [0.1, 0.15) is 5.82 Å². The first-order valence-electron chi connectivity index (χ1n) is 6.86. The van der Waals surface area contributed by atoms with Crippen LogP contribution in [0, 0.1) is 12.7 Å². The fourth-order valence-electron chi connectivity index (χ4n) is 2.62. The van der Waals surface area contributed by atoms with E-state index in [2.05, 4.69) is 17.1 Å². The highest BCUT2D eigenvalue weighted by molar-refractivity contribution is 5.26. The SMILES string of the molecule is Cc1cc(F)ccc1CCN1CCCNC(C)C1. The molecule has 1 aliphatic rings. The van der Waals surface area contributed by atoms with Gasteiger partial charge in [0, 0.05) is 19.1 Å². The second-order valence-electron chi connectivity index (χ2n) is 5.33. The summed E-state index contributed by atoms with van der Waals surface area (Å²) in [7, 11) is 0. The molecule has 0 aromatic heterocycles. The number of hydrogen-bond acceptors (Lipinski definition) is 2. The van der Waals surface area contributed by atoms with Crippen LogP contribution in [0.25, 0.3) is 0 Å². The maximum Gasteiger partial charge on any atom is 0.123 e. The molecule has 1 aromatic carbocycles. The lowest BCUT2D eigenvalue weighted by Crippen LogP contribution is -2.36. The van der Waals surface area contributed by atoms with E-state index in [0.717, 1.165) is 38.2 Å². The summed E-state index contributed by atoms with van der Waals surface area (Å²) in [5.74, 6) is -0.135. The quantitative estimate of drug-likeness (QED) is 0.886. The third-order valence-electron chi connectivity index (χ3n) is 3.68. The number of hydrogen-bond donors (Lipinski definition) is 1. The molecule has 3 heteroatoms. The molecule has 100 valence electrons. The van der Waals surface area contributed by atoms with Crippen LogP contribution in [-0.2, 0) is 6.42 Å². The fraction of sp³-hybridized carbons (Fsp3) is 0.600. The number of rotatable bonds is 3. The van der Waals surface area contributed by atoms with Crippen LogP contribution in [0.3, 0.4) is 0 Å². The van der Waals surface area contributed by atoms with E-state index in [1.165, 1.54) is 12.0 Å². The summed E-state index contributed by atoms with van der Waals surface area (Å²) in [5.41, 5.74) is 2.33. The van der Waals surface area contributed by atoms with E-state index < -0.39 is 0 Å². The number of halogens is 1. The summed E-state index contributed by atoms with van der Waals surface area (Å²) in [4.78, 5) is 2.51. The van der Waals surface area contributed by atoms with Gasteiger partial charge in [0.05, 0.1) is 0 Å². The van der Waals surface area contributed by atoms with Crippen molar-refractivity contribution in [2.45, 2.75) is 32.7 Å². The second kappa shape index (κ2) is 6.30. The molecule has 1 atom stereocenters. The standard InChI is InChI=1S/C15H23FN2/c1-12-10-15(16)5-4-14(12)6-9-18-8-3-7-17-13(2)11-18/h4-5,10,13,17H,3,6-9,11H2,1-2H3. The molecular weight excluding hydrogens is 227 g/mol. The molecule has 2 rings (SSSR count).